The fraction of sp³-hybridized carbons (Fsp3) is 0.667. The zero-order chi connectivity index (χ0) is 20.2. The van der Waals surface area contributed by atoms with Crippen molar-refractivity contribution in [3.8, 4) is 5.75 Å². The quantitative estimate of drug-likeness (QED) is 0.317. The standard InChI is InChI=1S/C21H36N4O3/c1-4-22-20(23-10-5-13-28-19-8-6-18(2)7-9-19)24-16-21(3,26)17-25-11-14-27-15-12-25/h6-9,26H,4-5,10-17H2,1-3H3,(H2,22,23,24). The van der Waals surface area contributed by atoms with E-state index in [1.54, 1.807) is 0 Å². The van der Waals surface area contributed by atoms with Gasteiger partial charge in [-0.15, -0.1) is 0 Å². The lowest BCUT2D eigenvalue weighted by molar-refractivity contribution is -0.0180. The number of guanidine groups is 1. The van der Waals surface area contributed by atoms with E-state index in [9.17, 15) is 5.11 Å². The van der Waals surface area contributed by atoms with E-state index in [2.05, 4.69) is 27.4 Å². The molecule has 0 bridgehead atoms. The summed E-state index contributed by atoms with van der Waals surface area (Å²) in [6.45, 7) is 12.2. The van der Waals surface area contributed by atoms with Gasteiger partial charge < -0.3 is 25.2 Å². The predicted molar refractivity (Wildman–Crippen MR) is 113 cm³/mol. The van der Waals surface area contributed by atoms with Crippen molar-refractivity contribution in [2.75, 3.05) is 59.1 Å². The summed E-state index contributed by atoms with van der Waals surface area (Å²) >= 11 is 0. The smallest absolute Gasteiger partial charge is 0.191 e. The molecule has 1 heterocycles. The first-order valence-corrected chi connectivity index (χ1v) is 10.2. The summed E-state index contributed by atoms with van der Waals surface area (Å²) < 4.78 is 11.1. The van der Waals surface area contributed by atoms with Crippen LogP contribution < -0.4 is 15.4 Å². The second kappa shape index (κ2) is 11.9. The summed E-state index contributed by atoms with van der Waals surface area (Å²) in [6, 6.07) is 8.08. The van der Waals surface area contributed by atoms with Crippen LogP contribution >= 0.6 is 0 Å². The van der Waals surface area contributed by atoms with E-state index in [0.717, 1.165) is 57.5 Å². The van der Waals surface area contributed by atoms with Crippen LogP contribution in [0.15, 0.2) is 29.3 Å². The molecule has 158 valence electrons. The van der Waals surface area contributed by atoms with E-state index >= 15 is 0 Å². The van der Waals surface area contributed by atoms with Crippen molar-refractivity contribution in [1.29, 1.82) is 0 Å². The lowest BCUT2D eigenvalue weighted by atomic mass is 10.1. The molecule has 0 aromatic heterocycles. The Kier molecular flexibility index (Phi) is 9.54. The first kappa shape index (κ1) is 22.5. The minimum Gasteiger partial charge on any atom is -0.494 e. The molecule has 7 nitrogen and oxygen atoms in total. The van der Waals surface area contributed by atoms with E-state index < -0.39 is 5.60 Å². The van der Waals surface area contributed by atoms with Gasteiger partial charge in [-0.2, -0.15) is 0 Å². The maximum absolute atomic E-state index is 10.7. The van der Waals surface area contributed by atoms with Crippen LogP contribution in [-0.4, -0.2) is 80.7 Å². The van der Waals surface area contributed by atoms with E-state index in [4.69, 9.17) is 9.47 Å². The number of rotatable bonds is 10. The number of aliphatic imine (C=N–C) groups is 1. The van der Waals surface area contributed by atoms with Crippen LogP contribution in [0.2, 0.25) is 0 Å². The van der Waals surface area contributed by atoms with Crippen LogP contribution in [0.5, 0.6) is 5.75 Å². The highest BCUT2D eigenvalue weighted by Crippen LogP contribution is 2.11. The van der Waals surface area contributed by atoms with Gasteiger partial charge in [0, 0.05) is 32.7 Å². The summed E-state index contributed by atoms with van der Waals surface area (Å²) in [5.41, 5.74) is 0.360. The normalized spacial score (nSPS) is 17.8. The molecule has 1 unspecified atom stereocenters. The van der Waals surface area contributed by atoms with Gasteiger partial charge >= 0.3 is 0 Å². The van der Waals surface area contributed by atoms with Gasteiger partial charge in [-0.05, 0) is 39.3 Å². The number of nitrogens with zero attached hydrogens (tertiary/aromatic N) is 2. The summed E-state index contributed by atoms with van der Waals surface area (Å²) in [5.74, 6) is 1.62. The maximum atomic E-state index is 10.7. The van der Waals surface area contributed by atoms with Crippen LogP contribution in [0, 0.1) is 6.92 Å². The number of ether oxygens (including phenoxy) is 2. The van der Waals surface area contributed by atoms with Crippen LogP contribution in [0.3, 0.4) is 0 Å². The van der Waals surface area contributed by atoms with Crippen molar-refractivity contribution in [3.05, 3.63) is 29.8 Å². The molecule has 1 aliphatic rings. The first-order chi connectivity index (χ1) is 13.5. The number of aryl methyl sites for hydroxylation is 1. The summed E-state index contributed by atoms with van der Waals surface area (Å²) in [5, 5.41) is 17.2. The molecule has 0 saturated carbocycles. The fourth-order valence-electron chi connectivity index (χ4n) is 2.99. The average Bonchev–Trinajstić information content (AvgIpc) is 2.67. The SMILES string of the molecule is CCNC(=NCC(C)(O)CN1CCOCC1)NCCCOc1ccc(C)cc1. The topological polar surface area (TPSA) is 78.4 Å². The fourth-order valence-corrected chi connectivity index (χ4v) is 2.99. The highest BCUT2D eigenvalue weighted by atomic mass is 16.5. The third-order valence-electron chi connectivity index (χ3n) is 4.49. The lowest BCUT2D eigenvalue weighted by Gasteiger charge is -2.33. The average molecular weight is 393 g/mol. The molecule has 1 atom stereocenters. The Morgan fingerprint density at radius 2 is 1.96 bits per heavy atom. The van der Waals surface area contributed by atoms with E-state index in [1.807, 2.05) is 38.1 Å². The highest BCUT2D eigenvalue weighted by Gasteiger charge is 2.25. The second-order valence-electron chi connectivity index (χ2n) is 7.52. The minimum absolute atomic E-state index is 0.347. The number of benzene rings is 1. The van der Waals surface area contributed by atoms with Gasteiger partial charge in [0.1, 0.15) is 5.75 Å². The third kappa shape index (κ3) is 8.91. The Morgan fingerprint density at radius 1 is 1.25 bits per heavy atom. The molecule has 0 spiro atoms. The van der Waals surface area contributed by atoms with Crippen molar-refractivity contribution < 1.29 is 14.6 Å². The van der Waals surface area contributed by atoms with Crippen molar-refractivity contribution in [2.45, 2.75) is 32.8 Å². The zero-order valence-corrected chi connectivity index (χ0v) is 17.5. The van der Waals surface area contributed by atoms with Gasteiger partial charge in [-0.25, -0.2) is 0 Å². The number of aliphatic hydroxyl groups is 1. The number of β-amino-alcohol motifs (C(OH)–C–C–N with tert-alkyl or cyclic N) is 1. The molecule has 0 aliphatic carbocycles. The molecule has 0 radical (unpaired) electrons. The van der Waals surface area contributed by atoms with Crippen LogP contribution in [-0.2, 0) is 4.74 Å². The van der Waals surface area contributed by atoms with E-state index in [1.165, 1.54) is 5.56 Å². The number of hydrogen-bond donors (Lipinski definition) is 3. The van der Waals surface area contributed by atoms with Crippen LogP contribution in [0.1, 0.15) is 25.8 Å². The molecule has 1 aliphatic heterocycles. The van der Waals surface area contributed by atoms with Crippen molar-refractivity contribution in [1.82, 2.24) is 15.5 Å². The highest BCUT2D eigenvalue weighted by molar-refractivity contribution is 5.79. The van der Waals surface area contributed by atoms with Crippen molar-refractivity contribution >= 4 is 5.96 Å². The Hall–Kier alpha value is -1.83. The number of nitrogens with one attached hydrogen (secondary N) is 2. The second-order valence-corrected chi connectivity index (χ2v) is 7.52. The largest absolute Gasteiger partial charge is 0.494 e. The third-order valence-corrected chi connectivity index (χ3v) is 4.49. The molecule has 1 aromatic carbocycles. The molecule has 28 heavy (non-hydrogen) atoms. The van der Waals surface area contributed by atoms with Crippen LogP contribution in [0.4, 0.5) is 0 Å². The number of hydrogen-bond acceptors (Lipinski definition) is 5. The molecular formula is C21H36N4O3. The maximum Gasteiger partial charge on any atom is 0.191 e. The lowest BCUT2D eigenvalue weighted by Crippen LogP contribution is -2.48. The molecular weight excluding hydrogens is 356 g/mol. The Bertz CT molecular complexity index is 584. The van der Waals surface area contributed by atoms with Gasteiger partial charge in [0.2, 0.25) is 0 Å². The first-order valence-electron chi connectivity index (χ1n) is 10.2. The molecule has 2 rings (SSSR count). The molecule has 3 N–H and O–H groups in total. The Balaban J connectivity index is 1.70. The molecule has 1 aromatic rings. The summed E-state index contributed by atoms with van der Waals surface area (Å²) in [6.07, 6.45) is 0.864. The molecule has 7 heteroatoms. The van der Waals surface area contributed by atoms with Gasteiger partial charge in [-0.1, -0.05) is 17.7 Å². The Morgan fingerprint density at radius 3 is 2.64 bits per heavy atom. The summed E-state index contributed by atoms with van der Waals surface area (Å²) in [7, 11) is 0. The summed E-state index contributed by atoms with van der Waals surface area (Å²) in [4.78, 5) is 6.79. The Labute approximate surface area is 169 Å². The van der Waals surface area contributed by atoms with E-state index in [-0.39, 0.29) is 0 Å². The molecule has 1 fully saturated rings. The minimum atomic E-state index is -0.867. The van der Waals surface area contributed by atoms with Crippen molar-refractivity contribution in [3.63, 3.8) is 0 Å². The van der Waals surface area contributed by atoms with E-state index in [0.29, 0.717) is 19.7 Å². The number of morpholine rings is 1. The van der Waals surface area contributed by atoms with Gasteiger partial charge in [0.15, 0.2) is 5.96 Å². The molecule has 1 saturated heterocycles. The van der Waals surface area contributed by atoms with Gasteiger partial charge in [-0.3, -0.25) is 9.89 Å². The zero-order valence-electron chi connectivity index (χ0n) is 17.5. The molecule has 0 amide bonds. The van der Waals surface area contributed by atoms with Crippen molar-refractivity contribution in [2.24, 2.45) is 4.99 Å². The predicted octanol–water partition coefficient (Wildman–Crippen LogP) is 1.40. The monoisotopic (exact) mass is 392 g/mol. The van der Waals surface area contributed by atoms with Crippen LogP contribution in [0.25, 0.3) is 0 Å². The van der Waals surface area contributed by atoms with Gasteiger partial charge in [0.05, 0.1) is 32.0 Å². The van der Waals surface area contributed by atoms with Gasteiger partial charge in [0.25, 0.3) is 0 Å².